The number of H-pyrrole nitrogens is 2. The number of hydrogen-bond acceptors (Lipinski definition) is 4. The molecule has 2 heterocycles. The van der Waals surface area contributed by atoms with Crippen LogP contribution >= 0.6 is 0 Å². The van der Waals surface area contributed by atoms with Gasteiger partial charge in [-0.05, 0) is 18.2 Å². The van der Waals surface area contributed by atoms with Gasteiger partial charge in [0.1, 0.15) is 5.82 Å². The van der Waals surface area contributed by atoms with E-state index in [9.17, 15) is 0 Å². The molecule has 32 heavy (non-hydrogen) atoms. The van der Waals surface area contributed by atoms with Gasteiger partial charge in [-0.1, -0.05) is 48.5 Å². The second-order valence-corrected chi connectivity index (χ2v) is 7.30. The van der Waals surface area contributed by atoms with E-state index in [1.54, 1.807) is 21.3 Å². The van der Waals surface area contributed by atoms with Crippen molar-refractivity contribution in [3.63, 3.8) is 0 Å². The van der Waals surface area contributed by atoms with Gasteiger partial charge in [0.15, 0.2) is 11.5 Å². The molecule has 2 aromatic heterocycles. The fraction of sp³-hybridized carbons (Fsp3) is 0.115. The lowest BCUT2D eigenvalue weighted by molar-refractivity contribution is 0.325. The standard InChI is InChI=1S/C26H23N3O3/c1-30-21-14-13-18(24(31-2)25(21)32-3)22-23(19-15-27-20-12-8-7-11-17(19)20)29-26(28-22)16-9-5-4-6-10-16/h4-15,27H,1-3H3,(H,28,29). The summed E-state index contributed by atoms with van der Waals surface area (Å²) < 4.78 is 16.9. The molecule has 0 amide bonds. The molecule has 0 aliphatic carbocycles. The first-order chi connectivity index (χ1) is 15.7. The van der Waals surface area contributed by atoms with Crippen LogP contribution in [0.5, 0.6) is 17.2 Å². The topological polar surface area (TPSA) is 72.2 Å². The highest BCUT2D eigenvalue weighted by Gasteiger charge is 2.24. The van der Waals surface area contributed by atoms with Crippen LogP contribution in [-0.2, 0) is 0 Å². The zero-order valence-corrected chi connectivity index (χ0v) is 18.1. The molecule has 0 unspecified atom stereocenters. The molecule has 0 atom stereocenters. The Labute approximate surface area is 185 Å². The normalized spacial score (nSPS) is 11.0. The second-order valence-electron chi connectivity index (χ2n) is 7.30. The highest BCUT2D eigenvalue weighted by molar-refractivity contribution is 5.99. The van der Waals surface area contributed by atoms with Crippen molar-refractivity contribution < 1.29 is 14.2 Å². The van der Waals surface area contributed by atoms with Crippen LogP contribution in [0.15, 0.2) is 72.9 Å². The number of nitrogens with one attached hydrogen (secondary N) is 2. The molecule has 0 saturated heterocycles. The lowest BCUT2D eigenvalue weighted by atomic mass is 10.0. The van der Waals surface area contributed by atoms with E-state index in [1.165, 1.54) is 0 Å². The third kappa shape index (κ3) is 3.17. The molecular weight excluding hydrogens is 402 g/mol. The number of fused-ring (bicyclic) bond motifs is 1. The summed E-state index contributed by atoms with van der Waals surface area (Å²) >= 11 is 0. The monoisotopic (exact) mass is 425 g/mol. The van der Waals surface area contributed by atoms with Crippen LogP contribution < -0.4 is 14.2 Å². The van der Waals surface area contributed by atoms with Crippen LogP contribution in [0.25, 0.3) is 44.8 Å². The van der Waals surface area contributed by atoms with Gasteiger partial charge in [0, 0.05) is 33.8 Å². The molecule has 0 fully saturated rings. The molecule has 0 bridgehead atoms. The molecule has 0 saturated carbocycles. The van der Waals surface area contributed by atoms with E-state index in [0.717, 1.165) is 44.8 Å². The lowest BCUT2D eigenvalue weighted by Crippen LogP contribution is -1.97. The maximum absolute atomic E-state index is 5.78. The number of nitrogens with zero attached hydrogens (tertiary/aromatic N) is 1. The van der Waals surface area contributed by atoms with Crippen molar-refractivity contribution in [2.75, 3.05) is 21.3 Å². The minimum Gasteiger partial charge on any atom is -0.493 e. The van der Waals surface area contributed by atoms with Crippen LogP contribution in [0.1, 0.15) is 0 Å². The Morgan fingerprint density at radius 3 is 2.22 bits per heavy atom. The Kier molecular flexibility index (Phi) is 5.03. The minimum absolute atomic E-state index is 0.535. The fourth-order valence-electron chi connectivity index (χ4n) is 4.06. The molecule has 2 N–H and O–H groups in total. The van der Waals surface area contributed by atoms with Gasteiger partial charge in [-0.25, -0.2) is 4.98 Å². The van der Waals surface area contributed by atoms with E-state index in [0.29, 0.717) is 17.2 Å². The summed E-state index contributed by atoms with van der Waals surface area (Å²) in [6, 6.07) is 22.1. The van der Waals surface area contributed by atoms with Gasteiger partial charge in [-0.15, -0.1) is 0 Å². The van der Waals surface area contributed by atoms with Gasteiger partial charge in [0.25, 0.3) is 0 Å². The molecule has 5 aromatic rings. The second kappa shape index (κ2) is 8.15. The Hall–Kier alpha value is -4.19. The summed E-state index contributed by atoms with van der Waals surface area (Å²) in [7, 11) is 4.84. The van der Waals surface area contributed by atoms with Crippen molar-refractivity contribution in [1.29, 1.82) is 0 Å². The van der Waals surface area contributed by atoms with Gasteiger partial charge >= 0.3 is 0 Å². The zero-order chi connectivity index (χ0) is 22.1. The molecular formula is C26H23N3O3. The maximum Gasteiger partial charge on any atom is 0.203 e. The van der Waals surface area contributed by atoms with Gasteiger partial charge < -0.3 is 24.2 Å². The maximum atomic E-state index is 5.78. The number of aromatic amines is 2. The molecule has 160 valence electrons. The van der Waals surface area contributed by atoms with Crippen molar-refractivity contribution in [1.82, 2.24) is 15.0 Å². The molecule has 0 aliphatic heterocycles. The fourth-order valence-corrected chi connectivity index (χ4v) is 4.06. The van der Waals surface area contributed by atoms with Crippen LogP contribution in [0.4, 0.5) is 0 Å². The molecule has 3 aromatic carbocycles. The third-order valence-corrected chi connectivity index (χ3v) is 5.57. The first kappa shape index (κ1) is 19.8. The Bertz CT molecular complexity index is 1390. The smallest absolute Gasteiger partial charge is 0.203 e. The molecule has 0 spiro atoms. The van der Waals surface area contributed by atoms with E-state index in [-0.39, 0.29) is 0 Å². The van der Waals surface area contributed by atoms with Gasteiger partial charge in [0.2, 0.25) is 5.75 Å². The van der Waals surface area contributed by atoms with E-state index in [2.05, 4.69) is 22.1 Å². The van der Waals surface area contributed by atoms with E-state index < -0.39 is 0 Å². The van der Waals surface area contributed by atoms with Crippen LogP contribution in [0.3, 0.4) is 0 Å². The summed E-state index contributed by atoms with van der Waals surface area (Å²) in [4.78, 5) is 11.9. The Morgan fingerprint density at radius 1 is 0.719 bits per heavy atom. The van der Waals surface area contributed by atoms with Crippen molar-refractivity contribution >= 4 is 10.9 Å². The minimum atomic E-state index is 0.535. The predicted molar refractivity (Wildman–Crippen MR) is 126 cm³/mol. The highest BCUT2D eigenvalue weighted by atomic mass is 16.5. The summed E-state index contributed by atoms with van der Waals surface area (Å²) in [5, 5.41) is 1.10. The summed E-state index contributed by atoms with van der Waals surface area (Å²) in [5.41, 5.74) is 5.56. The van der Waals surface area contributed by atoms with E-state index in [1.807, 2.05) is 60.8 Å². The molecule has 0 radical (unpaired) electrons. The first-order valence-corrected chi connectivity index (χ1v) is 10.3. The van der Waals surface area contributed by atoms with Gasteiger partial charge in [0.05, 0.1) is 32.7 Å². The number of hydrogen-bond donors (Lipinski definition) is 2. The number of aromatic nitrogens is 3. The average Bonchev–Trinajstić information content (AvgIpc) is 3.48. The van der Waals surface area contributed by atoms with Gasteiger partial charge in [-0.2, -0.15) is 0 Å². The molecule has 6 nitrogen and oxygen atoms in total. The molecule has 6 heteroatoms. The van der Waals surface area contributed by atoms with Crippen LogP contribution in [-0.4, -0.2) is 36.3 Å². The summed E-state index contributed by atoms with van der Waals surface area (Å²) in [6.45, 7) is 0. The molecule has 0 aliphatic rings. The van der Waals surface area contributed by atoms with Crippen molar-refractivity contribution in [3.8, 4) is 51.2 Å². The zero-order valence-electron chi connectivity index (χ0n) is 18.1. The summed E-state index contributed by atoms with van der Waals surface area (Å²) in [6.07, 6.45) is 1.99. The Balaban J connectivity index is 1.80. The largest absolute Gasteiger partial charge is 0.493 e. The Morgan fingerprint density at radius 2 is 1.47 bits per heavy atom. The predicted octanol–water partition coefficient (Wildman–Crippen LogP) is 5.92. The number of rotatable bonds is 6. The third-order valence-electron chi connectivity index (χ3n) is 5.57. The van der Waals surface area contributed by atoms with Crippen LogP contribution in [0.2, 0.25) is 0 Å². The number of methoxy groups -OCH3 is 3. The lowest BCUT2D eigenvalue weighted by Gasteiger charge is -2.15. The van der Waals surface area contributed by atoms with E-state index in [4.69, 9.17) is 19.2 Å². The number of ether oxygens (including phenoxy) is 3. The average molecular weight is 425 g/mol. The first-order valence-electron chi connectivity index (χ1n) is 10.3. The highest BCUT2D eigenvalue weighted by Crippen LogP contribution is 2.47. The van der Waals surface area contributed by atoms with E-state index >= 15 is 0 Å². The van der Waals surface area contributed by atoms with Gasteiger partial charge in [-0.3, -0.25) is 0 Å². The molecule has 5 rings (SSSR count). The van der Waals surface area contributed by atoms with Crippen molar-refractivity contribution in [3.05, 3.63) is 72.9 Å². The van der Waals surface area contributed by atoms with Crippen LogP contribution in [0, 0.1) is 0 Å². The SMILES string of the molecule is COc1ccc(-c2[nH]c(-c3ccccc3)nc2-c2c[nH]c3ccccc23)c(OC)c1OC. The number of imidazole rings is 1. The van der Waals surface area contributed by atoms with Crippen molar-refractivity contribution in [2.24, 2.45) is 0 Å². The number of para-hydroxylation sites is 1. The van der Waals surface area contributed by atoms with Crippen molar-refractivity contribution in [2.45, 2.75) is 0 Å². The summed E-state index contributed by atoms with van der Waals surface area (Å²) in [5.74, 6) is 2.49. The number of benzene rings is 3. The quantitative estimate of drug-likeness (QED) is 0.354.